The average Bonchev–Trinajstić information content (AvgIpc) is 3.45. The quantitative estimate of drug-likeness (QED) is 0.611. The molecule has 2 aromatic carbocycles. The molecule has 1 heterocycles. The van der Waals surface area contributed by atoms with Crippen LogP contribution < -0.4 is 10.9 Å². The van der Waals surface area contributed by atoms with Crippen molar-refractivity contribution in [2.24, 2.45) is 0 Å². The van der Waals surface area contributed by atoms with Crippen LogP contribution in [0.25, 0.3) is 0 Å². The number of hydrogen-bond donors (Lipinski definition) is 0. The average molecular weight is 356 g/mol. The molecule has 0 saturated heterocycles. The molecule has 27 heavy (non-hydrogen) atoms. The Morgan fingerprint density at radius 3 is 1.81 bits per heavy atom. The van der Waals surface area contributed by atoms with E-state index in [2.05, 4.69) is 70.2 Å². The van der Waals surface area contributed by atoms with Gasteiger partial charge in [-0.2, -0.15) is 0 Å². The molecular formula is C24H29BN2. The Kier molecular flexibility index (Phi) is 6.08. The van der Waals surface area contributed by atoms with E-state index in [0.29, 0.717) is 6.71 Å². The first-order chi connectivity index (χ1) is 13.4. The Hall–Kier alpha value is -2.29. The highest BCUT2D eigenvalue weighted by molar-refractivity contribution is 6.86. The first-order valence-electron chi connectivity index (χ1n) is 10.5. The summed E-state index contributed by atoms with van der Waals surface area (Å²) in [5.74, 6) is 0.818. The summed E-state index contributed by atoms with van der Waals surface area (Å²) >= 11 is 0. The van der Waals surface area contributed by atoms with E-state index in [9.17, 15) is 0 Å². The van der Waals surface area contributed by atoms with Gasteiger partial charge in [-0.15, -0.1) is 0 Å². The number of benzene rings is 2. The van der Waals surface area contributed by atoms with E-state index in [1.807, 2.05) is 18.7 Å². The van der Waals surface area contributed by atoms with Crippen LogP contribution in [0.1, 0.15) is 51.0 Å². The summed E-state index contributed by atoms with van der Waals surface area (Å²) in [6.45, 7) is 0.586. The standard InChI is InChI=1S/C18H21B.C6H8N2/c1-4-10-16(11-5-1)19(17-12-6-2-7-13-17)18-14-8-3-9-15-18;1-2-6(1)8-4-3-7-5-8/h1-2,4-7,10-13,18H,3,8-9,14-15H2;3-6H,1-2H2. The summed E-state index contributed by atoms with van der Waals surface area (Å²) < 4.78 is 2.17. The van der Waals surface area contributed by atoms with E-state index >= 15 is 0 Å². The lowest BCUT2D eigenvalue weighted by atomic mass is 9.32. The fraction of sp³-hybridized carbons (Fsp3) is 0.375. The molecular weight excluding hydrogens is 327 g/mol. The maximum Gasteiger partial charge on any atom is 0.212 e. The van der Waals surface area contributed by atoms with Crippen molar-refractivity contribution in [3.8, 4) is 0 Å². The monoisotopic (exact) mass is 356 g/mol. The summed E-state index contributed by atoms with van der Waals surface area (Å²) in [6.07, 6.45) is 15.4. The fourth-order valence-electron chi connectivity index (χ4n) is 4.38. The third-order valence-electron chi connectivity index (χ3n) is 5.93. The van der Waals surface area contributed by atoms with Gasteiger partial charge in [-0.05, 0) is 12.8 Å². The molecule has 1 aromatic heterocycles. The molecule has 2 aliphatic carbocycles. The van der Waals surface area contributed by atoms with Crippen molar-refractivity contribution in [2.75, 3.05) is 0 Å². The second kappa shape index (κ2) is 9.08. The second-order valence-electron chi connectivity index (χ2n) is 7.94. The zero-order chi connectivity index (χ0) is 18.3. The van der Waals surface area contributed by atoms with Gasteiger partial charge in [0.1, 0.15) is 0 Å². The van der Waals surface area contributed by atoms with Gasteiger partial charge in [-0.1, -0.05) is 110 Å². The second-order valence-corrected chi connectivity index (χ2v) is 7.94. The van der Waals surface area contributed by atoms with Crippen LogP contribution >= 0.6 is 0 Å². The minimum atomic E-state index is 0.586. The molecule has 0 spiro atoms. The molecule has 138 valence electrons. The SMILES string of the molecule is c1ccc(B(c2ccccc2)C2CCCCC2)cc1.c1cn(C2CC2)cn1. The van der Waals surface area contributed by atoms with Gasteiger partial charge in [0.05, 0.1) is 6.33 Å². The molecule has 2 saturated carbocycles. The number of nitrogens with zero attached hydrogens (tertiary/aromatic N) is 2. The van der Waals surface area contributed by atoms with Crippen molar-refractivity contribution < 1.29 is 0 Å². The molecule has 3 heteroatoms. The molecule has 5 rings (SSSR count). The predicted octanol–water partition coefficient (Wildman–Crippen LogP) is 4.85. The molecule has 0 N–H and O–H groups in total. The third-order valence-corrected chi connectivity index (χ3v) is 5.93. The Morgan fingerprint density at radius 2 is 1.33 bits per heavy atom. The molecule has 0 aliphatic heterocycles. The summed E-state index contributed by atoms with van der Waals surface area (Å²) in [6, 6.07) is 22.9. The maximum atomic E-state index is 3.95. The molecule has 2 fully saturated rings. The lowest BCUT2D eigenvalue weighted by molar-refractivity contribution is 0.499. The smallest absolute Gasteiger partial charge is 0.212 e. The molecule has 0 amide bonds. The molecule has 3 aromatic rings. The topological polar surface area (TPSA) is 17.8 Å². The minimum Gasteiger partial charge on any atom is -0.334 e. The van der Waals surface area contributed by atoms with Crippen LogP contribution in [-0.4, -0.2) is 16.3 Å². The predicted molar refractivity (Wildman–Crippen MR) is 115 cm³/mol. The van der Waals surface area contributed by atoms with Crippen LogP contribution in [0.4, 0.5) is 0 Å². The van der Waals surface area contributed by atoms with Crippen LogP contribution in [-0.2, 0) is 0 Å². The highest BCUT2D eigenvalue weighted by Gasteiger charge is 2.29. The van der Waals surface area contributed by atoms with E-state index in [-0.39, 0.29) is 0 Å². The Morgan fingerprint density at radius 1 is 0.741 bits per heavy atom. The zero-order valence-electron chi connectivity index (χ0n) is 16.1. The van der Waals surface area contributed by atoms with Crippen LogP contribution in [0.2, 0.25) is 5.82 Å². The zero-order valence-corrected chi connectivity index (χ0v) is 16.1. The maximum absolute atomic E-state index is 3.95. The highest BCUT2D eigenvalue weighted by Crippen LogP contribution is 2.34. The first-order valence-corrected chi connectivity index (χ1v) is 10.5. The molecule has 2 nitrogen and oxygen atoms in total. The third kappa shape index (κ3) is 4.91. The van der Waals surface area contributed by atoms with Gasteiger partial charge < -0.3 is 4.57 Å². The summed E-state index contributed by atoms with van der Waals surface area (Å²) in [7, 11) is 0. The van der Waals surface area contributed by atoms with Crippen LogP contribution in [0.15, 0.2) is 79.4 Å². The molecule has 0 bridgehead atoms. The van der Waals surface area contributed by atoms with Gasteiger partial charge in [-0.25, -0.2) is 4.98 Å². The van der Waals surface area contributed by atoms with Crippen molar-refractivity contribution in [1.29, 1.82) is 0 Å². The van der Waals surface area contributed by atoms with Gasteiger partial charge in [0, 0.05) is 18.4 Å². The summed E-state index contributed by atoms with van der Waals surface area (Å²) in [5, 5.41) is 0. The van der Waals surface area contributed by atoms with Crippen LogP contribution in [0.5, 0.6) is 0 Å². The normalized spacial score (nSPS) is 17.0. The van der Waals surface area contributed by atoms with Gasteiger partial charge in [0.25, 0.3) is 0 Å². The Balaban J connectivity index is 0.000000186. The summed E-state index contributed by atoms with van der Waals surface area (Å²) in [4.78, 5) is 3.95. The fourth-order valence-corrected chi connectivity index (χ4v) is 4.38. The lowest BCUT2D eigenvalue weighted by Gasteiger charge is -2.28. The van der Waals surface area contributed by atoms with E-state index in [1.54, 1.807) is 0 Å². The lowest BCUT2D eigenvalue weighted by Crippen LogP contribution is -2.46. The van der Waals surface area contributed by atoms with Gasteiger partial charge in [-0.3, -0.25) is 0 Å². The number of imidazole rings is 1. The van der Waals surface area contributed by atoms with Crippen molar-refractivity contribution >= 4 is 17.6 Å². The number of hydrogen-bond acceptors (Lipinski definition) is 1. The van der Waals surface area contributed by atoms with Gasteiger partial charge >= 0.3 is 0 Å². The van der Waals surface area contributed by atoms with Gasteiger partial charge in [0.15, 0.2) is 0 Å². The van der Waals surface area contributed by atoms with Crippen LogP contribution in [0.3, 0.4) is 0 Å². The van der Waals surface area contributed by atoms with Crippen molar-refractivity contribution in [3.05, 3.63) is 79.4 Å². The van der Waals surface area contributed by atoms with Crippen molar-refractivity contribution in [1.82, 2.24) is 9.55 Å². The molecule has 0 unspecified atom stereocenters. The van der Waals surface area contributed by atoms with E-state index in [4.69, 9.17) is 0 Å². The van der Waals surface area contributed by atoms with Crippen molar-refractivity contribution in [3.63, 3.8) is 0 Å². The number of rotatable bonds is 4. The largest absolute Gasteiger partial charge is 0.334 e. The summed E-state index contributed by atoms with van der Waals surface area (Å²) in [5.41, 5.74) is 2.97. The first kappa shape index (κ1) is 18.1. The number of aromatic nitrogens is 2. The molecule has 0 radical (unpaired) electrons. The Labute approximate surface area is 163 Å². The Bertz CT molecular complexity index is 736. The molecule has 0 atom stereocenters. The minimum absolute atomic E-state index is 0.586. The molecule has 2 aliphatic rings. The van der Waals surface area contributed by atoms with E-state index < -0.39 is 0 Å². The highest BCUT2D eigenvalue weighted by atomic mass is 15.1. The van der Waals surface area contributed by atoms with E-state index in [1.165, 1.54) is 55.9 Å². The van der Waals surface area contributed by atoms with E-state index in [0.717, 1.165) is 11.9 Å². The van der Waals surface area contributed by atoms with Gasteiger partial charge in [0.2, 0.25) is 6.71 Å². The van der Waals surface area contributed by atoms with Crippen molar-refractivity contribution in [2.45, 2.75) is 56.8 Å². The van der Waals surface area contributed by atoms with Crippen LogP contribution in [0, 0.1) is 0 Å².